The molecular formula is C15H22N2O3. The highest BCUT2D eigenvalue weighted by molar-refractivity contribution is 5.91. The van der Waals surface area contributed by atoms with E-state index in [1.807, 2.05) is 6.92 Å². The van der Waals surface area contributed by atoms with Crippen LogP contribution in [0.15, 0.2) is 24.3 Å². The van der Waals surface area contributed by atoms with Crippen LogP contribution in [0.25, 0.3) is 0 Å². The number of nitrogens with zero attached hydrogens (tertiary/aromatic N) is 1. The monoisotopic (exact) mass is 278 g/mol. The maximum Gasteiger partial charge on any atom is 0.226 e. The Labute approximate surface area is 119 Å². The highest BCUT2D eigenvalue weighted by Gasteiger charge is 2.10. The Morgan fingerprint density at radius 2 is 1.85 bits per heavy atom. The number of carbonyl (C=O) groups is 2. The molecule has 0 bridgehead atoms. The first kappa shape index (κ1) is 16.0. The molecule has 0 radical (unpaired) electrons. The van der Waals surface area contributed by atoms with Crippen molar-refractivity contribution in [2.45, 2.75) is 26.7 Å². The van der Waals surface area contributed by atoms with E-state index in [9.17, 15) is 9.59 Å². The fourth-order valence-electron chi connectivity index (χ4n) is 1.83. The zero-order valence-electron chi connectivity index (χ0n) is 12.3. The van der Waals surface area contributed by atoms with Crippen LogP contribution >= 0.6 is 0 Å². The second kappa shape index (κ2) is 8.19. The minimum atomic E-state index is -0.0995. The molecule has 5 heteroatoms. The van der Waals surface area contributed by atoms with Gasteiger partial charge < -0.3 is 15.0 Å². The molecule has 1 aromatic rings. The summed E-state index contributed by atoms with van der Waals surface area (Å²) < 4.78 is 5.05. The molecule has 0 saturated carbocycles. The van der Waals surface area contributed by atoms with Crippen molar-refractivity contribution in [3.63, 3.8) is 0 Å². The predicted molar refractivity (Wildman–Crippen MR) is 78.8 cm³/mol. The molecule has 0 saturated heterocycles. The Morgan fingerprint density at radius 3 is 2.35 bits per heavy atom. The number of nitrogens with one attached hydrogen (secondary N) is 1. The van der Waals surface area contributed by atoms with Gasteiger partial charge in [-0.2, -0.15) is 0 Å². The van der Waals surface area contributed by atoms with Crippen LogP contribution in [0.2, 0.25) is 0 Å². The topological polar surface area (TPSA) is 58.6 Å². The van der Waals surface area contributed by atoms with Crippen molar-refractivity contribution in [2.24, 2.45) is 0 Å². The molecule has 0 aromatic heterocycles. The average molecular weight is 278 g/mol. The number of rotatable bonds is 7. The van der Waals surface area contributed by atoms with Crippen LogP contribution in [0.3, 0.4) is 0 Å². The summed E-state index contributed by atoms with van der Waals surface area (Å²) in [5.74, 6) is 0.648. The van der Waals surface area contributed by atoms with Crippen molar-refractivity contribution in [3.05, 3.63) is 24.3 Å². The van der Waals surface area contributed by atoms with Gasteiger partial charge in [0.15, 0.2) is 0 Å². The maximum atomic E-state index is 11.8. The van der Waals surface area contributed by atoms with Crippen LogP contribution in [0, 0.1) is 0 Å². The summed E-state index contributed by atoms with van der Waals surface area (Å²) in [5.41, 5.74) is 0.723. The lowest BCUT2D eigenvalue weighted by atomic mass is 10.2. The third kappa shape index (κ3) is 5.30. The average Bonchev–Trinajstić information content (AvgIpc) is 2.44. The highest BCUT2D eigenvalue weighted by atomic mass is 16.5. The second-order valence-corrected chi connectivity index (χ2v) is 4.53. The molecular weight excluding hydrogens is 256 g/mol. The second-order valence-electron chi connectivity index (χ2n) is 4.53. The lowest BCUT2D eigenvalue weighted by Gasteiger charge is -2.19. The summed E-state index contributed by atoms with van der Waals surface area (Å²) in [6.07, 6.45) is 1.19. The van der Waals surface area contributed by atoms with Crippen LogP contribution < -0.4 is 10.1 Å². The number of hydrogen-bond donors (Lipinski definition) is 1. The van der Waals surface area contributed by atoms with E-state index in [1.165, 1.54) is 6.92 Å². The van der Waals surface area contributed by atoms with Crippen LogP contribution in [0.5, 0.6) is 5.75 Å². The van der Waals surface area contributed by atoms with Gasteiger partial charge in [-0.15, -0.1) is 0 Å². The number of carbonyl (C=O) groups excluding carboxylic acids is 2. The van der Waals surface area contributed by atoms with Gasteiger partial charge in [0.2, 0.25) is 11.8 Å². The Balaban J connectivity index is 2.44. The van der Waals surface area contributed by atoms with E-state index < -0.39 is 0 Å². The molecule has 1 rings (SSSR count). The first-order valence-corrected chi connectivity index (χ1v) is 6.76. The van der Waals surface area contributed by atoms with E-state index in [0.717, 1.165) is 17.9 Å². The number of ether oxygens (including phenoxy) is 1. The van der Waals surface area contributed by atoms with Crippen LogP contribution in [0.4, 0.5) is 5.69 Å². The van der Waals surface area contributed by atoms with E-state index in [2.05, 4.69) is 5.32 Å². The van der Waals surface area contributed by atoms with Gasteiger partial charge in [-0.25, -0.2) is 0 Å². The smallest absolute Gasteiger partial charge is 0.226 e. The van der Waals surface area contributed by atoms with Crippen molar-refractivity contribution in [1.82, 2.24) is 4.90 Å². The fraction of sp³-hybridized carbons (Fsp3) is 0.467. The molecule has 1 aromatic carbocycles. The minimum Gasteiger partial charge on any atom is -0.497 e. The van der Waals surface area contributed by atoms with Gasteiger partial charge in [0, 0.05) is 32.1 Å². The Kier molecular flexibility index (Phi) is 6.56. The quantitative estimate of drug-likeness (QED) is 0.832. The summed E-state index contributed by atoms with van der Waals surface area (Å²) >= 11 is 0. The van der Waals surface area contributed by atoms with Gasteiger partial charge in [-0.1, -0.05) is 6.92 Å². The molecule has 0 unspecified atom stereocenters. The lowest BCUT2D eigenvalue weighted by molar-refractivity contribution is -0.129. The first-order chi connectivity index (χ1) is 9.56. The molecule has 0 heterocycles. The van der Waals surface area contributed by atoms with Gasteiger partial charge in [0.1, 0.15) is 5.75 Å². The number of amides is 2. The van der Waals surface area contributed by atoms with Crippen LogP contribution in [-0.4, -0.2) is 36.9 Å². The lowest BCUT2D eigenvalue weighted by Crippen LogP contribution is -2.32. The van der Waals surface area contributed by atoms with Crippen LogP contribution in [0.1, 0.15) is 26.7 Å². The van der Waals surface area contributed by atoms with Crippen molar-refractivity contribution in [1.29, 1.82) is 0 Å². The van der Waals surface area contributed by atoms with Crippen LogP contribution in [-0.2, 0) is 9.59 Å². The largest absolute Gasteiger partial charge is 0.497 e. The molecule has 2 amide bonds. The molecule has 110 valence electrons. The Hall–Kier alpha value is -2.04. The standard InChI is InChI=1S/C15H22N2O3/c1-4-10-17(12(2)18)11-9-15(19)16-13-5-7-14(20-3)8-6-13/h5-8H,4,9-11H2,1-3H3,(H,16,19). The van der Waals surface area contributed by atoms with Gasteiger partial charge in [-0.3, -0.25) is 9.59 Å². The molecule has 0 spiro atoms. The molecule has 5 nitrogen and oxygen atoms in total. The minimum absolute atomic E-state index is 0.00379. The number of hydrogen-bond acceptors (Lipinski definition) is 3. The normalized spacial score (nSPS) is 9.95. The van der Waals surface area contributed by atoms with E-state index in [1.54, 1.807) is 36.3 Å². The summed E-state index contributed by atoms with van der Waals surface area (Å²) in [4.78, 5) is 24.9. The zero-order chi connectivity index (χ0) is 15.0. The van der Waals surface area contributed by atoms with Crippen molar-refractivity contribution in [3.8, 4) is 5.75 Å². The number of anilines is 1. The molecule has 0 aliphatic rings. The summed E-state index contributed by atoms with van der Waals surface area (Å²) in [6.45, 7) is 4.67. The van der Waals surface area contributed by atoms with E-state index in [0.29, 0.717) is 19.5 Å². The predicted octanol–water partition coefficient (Wildman–Crippen LogP) is 2.28. The van der Waals surface area contributed by atoms with Gasteiger partial charge in [-0.05, 0) is 30.7 Å². The maximum absolute atomic E-state index is 11.8. The number of benzene rings is 1. The molecule has 0 fully saturated rings. The summed E-state index contributed by atoms with van der Waals surface area (Å²) in [6, 6.07) is 7.14. The third-order valence-electron chi connectivity index (χ3n) is 2.92. The Bertz CT molecular complexity index is 443. The van der Waals surface area contributed by atoms with Crippen molar-refractivity contribution >= 4 is 17.5 Å². The number of methoxy groups -OCH3 is 1. The van der Waals surface area contributed by atoms with Crippen molar-refractivity contribution < 1.29 is 14.3 Å². The molecule has 0 aliphatic heterocycles. The zero-order valence-corrected chi connectivity index (χ0v) is 12.3. The molecule has 0 atom stereocenters. The fourth-order valence-corrected chi connectivity index (χ4v) is 1.83. The summed E-state index contributed by atoms with van der Waals surface area (Å²) in [5, 5.41) is 2.80. The Morgan fingerprint density at radius 1 is 1.20 bits per heavy atom. The van der Waals surface area contributed by atoms with Gasteiger partial charge in [0.25, 0.3) is 0 Å². The summed E-state index contributed by atoms with van der Waals surface area (Å²) in [7, 11) is 1.59. The van der Waals surface area contributed by atoms with E-state index in [4.69, 9.17) is 4.74 Å². The van der Waals surface area contributed by atoms with Gasteiger partial charge >= 0.3 is 0 Å². The van der Waals surface area contributed by atoms with E-state index in [-0.39, 0.29) is 11.8 Å². The van der Waals surface area contributed by atoms with Gasteiger partial charge in [0.05, 0.1) is 7.11 Å². The highest BCUT2D eigenvalue weighted by Crippen LogP contribution is 2.15. The molecule has 1 N–H and O–H groups in total. The molecule has 0 aliphatic carbocycles. The van der Waals surface area contributed by atoms with E-state index >= 15 is 0 Å². The third-order valence-corrected chi connectivity index (χ3v) is 2.92. The van der Waals surface area contributed by atoms with Crippen molar-refractivity contribution in [2.75, 3.05) is 25.5 Å². The first-order valence-electron chi connectivity index (χ1n) is 6.76. The SMILES string of the molecule is CCCN(CCC(=O)Nc1ccc(OC)cc1)C(C)=O. The molecule has 20 heavy (non-hydrogen) atoms.